The van der Waals surface area contributed by atoms with Gasteiger partial charge in [0.2, 0.25) is 0 Å². The van der Waals surface area contributed by atoms with Crippen LogP contribution in [0.3, 0.4) is 0 Å². The van der Waals surface area contributed by atoms with Gasteiger partial charge in [0.15, 0.2) is 0 Å². The summed E-state index contributed by atoms with van der Waals surface area (Å²) in [6.07, 6.45) is -0.209. The minimum atomic E-state index is -0.965. The first-order valence-corrected chi connectivity index (χ1v) is 11.4. The van der Waals surface area contributed by atoms with E-state index in [4.69, 9.17) is 0 Å². The average molecular weight is 454 g/mol. The van der Waals surface area contributed by atoms with Crippen LogP contribution in [-0.4, -0.2) is 16.0 Å². The maximum Gasteiger partial charge on any atom is 0.305 e. The zero-order valence-corrected chi connectivity index (χ0v) is 19.1. The van der Waals surface area contributed by atoms with Gasteiger partial charge in [0.25, 0.3) is 0 Å². The summed E-state index contributed by atoms with van der Waals surface area (Å²) >= 11 is 0. The molecule has 2 unspecified atom stereocenters. The molecule has 172 valence electrons. The number of carboxylic acids is 1. The Hall–Kier alpha value is -3.76. The van der Waals surface area contributed by atoms with Gasteiger partial charge in [-0.3, -0.25) is 9.69 Å². The Bertz CT molecular complexity index is 1210. The number of rotatable bonds is 9. The summed E-state index contributed by atoms with van der Waals surface area (Å²) < 4.78 is 15.3. The van der Waals surface area contributed by atoms with Crippen LogP contribution in [0, 0.1) is 5.82 Å². The third-order valence-electron chi connectivity index (χ3n) is 6.22. The second-order valence-electron chi connectivity index (χ2n) is 8.46. The summed E-state index contributed by atoms with van der Waals surface area (Å²) in [5, 5.41) is 9.84. The summed E-state index contributed by atoms with van der Waals surface area (Å²) in [6.45, 7) is 2.54. The summed E-state index contributed by atoms with van der Waals surface area (Å²) in [4.78, 5) is 14.1. The Morgan fingerprint density at radius 1 is 0.824 bits per heavy atom. The molecule has 4 heteroatoms. The lowest BCUT2D eigenvalue weighted by molar-refractivity contribution is -0.138. The molecule has 2 atom stereocenters. The molecule has 4 aromatic rings. The molecule has 34 heavy (non-hydrogen) atoms. The normalized spacial score (nSPS) is 12.9. The average Bonchev–Trinajstić information content (AvgIpc) is 2.87. The Balaban J connectivity index is 1.82. The van der Waals surface area contributed by atoms with E-state index in [0.29, 0.717) is 12.1 Å². The van der Waals surface area contributed by atoms with Gasteiger partial charge < -0.3 is 5.11 Å². The number of aliphatic carboxylic acids is 1. The fraction of sp³-hybridized carbons (Fsp3) is 0.167. The monoisotopic (exact) mass is 453 g/mol. The molecule has 0 radical (unpaired) electrons. The van der Waals surface area contributed by atoms with E-state index in [1.54, 1.807) is 12.1 Å². The van der Waals surface area contributed by atoms with Crippen molar-refractivity contribution in [2.24, 2.45) is 0 Å². The molecule has 0 aliphatic carbocycles. The smallest absolute Gasteiger partial charge is 0.305 e. The molecule has 0 spiro atoms. The van der Waals surface area contributed by atoms with E-state index in [1.807, 2.05) is 97.9 Å². The van der Waals surface area contributed by atoms with Gasteiger partial charge in [0, 0.05) is 24.2 Å². The van der Waals surface area contributed by atoms with Crippen molar-refractivity contribution in [3.63, 3.8) is 0 Å². The Kier molecular flexibility index (Phi) is 7.51. The molecule has 0 aromatic heterocycles. The first-order chi connectivity index (χ1) is 16.5. The Morgan fingerprint density at radius 2 is 1.41 bits per heavy atom. The van der Waals surface area contributed by atoms with Crippen molar-refractivity contribution in [2.45, 2.75) is 32.0 Å². The van der Waals surface area contributed by atoms with Crippen LogP contribution in [0.5, 0.6) is 0 Å². The van der Waals surface area contributed by atoms with Crippen LogP contribution in [0.2, 0.25) is 0 Å². The summed E-state index contributed by atoms with van der Waals surface area (Å²) in [7, 11) is 0. The summed E-state index contributed by atoms with van der Waals surface area (Å²) in [6, 6.07) is 33.8. The first kappa shape index (κ1) is 23.4. The Labute approximate surface area is 200 Å². The zero-order valence-electron chi connectivity index (χ0n) is 19.1. The van der Waals surface area contributed by atoms with Crippen LogP contribution in [0.1, 0.15) is 42.1 Å². The highest BCUT2D eigenvalue weighted by atomic mass is 19.1. The van der Waals surface area contributed by atoms with Gasteiger partial charge in [0.1, 0.15) is 5.82 Å². The van der Waals surface area contributed by atoms with E-state index in [2.05, 4.69) is 4.90 Å². The van der Waals surface area contributed by atoms with Gasteiger partial charge in [0.05, 0.1) is 6.42 Å². The molecule has 0 aliphatic rings. The van der Waals surface area contributed by atoms with E-state index < -0.39 is 17.8 Å². The highest BCUT2D eigenvalue weighted by Crippen LogP contribution is 2.37. The summed E-state index contributed by atoms with van der Waals surface area (Å²) in [5.74, 6) is -1.36. The number of carbonyl (C=O) groups is 1. The van der Waals surface area contributed by atoms with Crippen molar-refractivity contribution in [1.29, 1.82) is 0 Å². The van der Waals surface area contributed by atoms with Crippen molar-refractivity contribution in [3.8, 4) is 11.1 Å². The number of carboxylic acid groups (broad SMARTS) is 1. The van der Waals surface area contributed by atoms with Crippen LogP contribution >= 0.6 is 0 Å². The predicted molar refractivity (Wildman–Crippen MR) is 134 cm³/mol. The van der Waals surface area contributed by atoms with Crippen molar-refractivity contribution in [2.75, 3.05) is 0 Å². The fourth-order valence-corrected chi connectivity index (χ4v) is 4.41. The number of benzene rings is 4. The molecule has 4 aromatic carbocycles. The van der Waals surface area contributed by atoms with Crippen molar-refractivity contribution < 1.29 is 14.3 Å². The maximum absolute atomic E-state index is 15.3. The van der Waals surface area contributed by atoms with E-state index in [1.165, 1.54) is 6.07 Å². The van der Waals surface area contributed by atoms with E-state index >= 15 is 4.39 Å². The van der Waals surface area contributed by atoms with Crippen LogP contribution in [0.4, 0.5) is 4.39 Å². The lowest BCUT2D eigenvalue weighted by Gasteiger charge is -2.37. The third kappa shape index (κ3) is 5.59. The molecule has 0 aliphatic heterocycles. The minimum Gasteiger partial charge on any atom is -0.481 e. The molecular formula is C30H28FNO2. The van der Waals surface area contributed by atoms with Gasteiger partial charge in [-0.05, 0) is 41.3 Å². The van der Waals surface area contributed by atoms with Gasteiger partial charge in [-0.2, -0.15) is 0 Å². The van der Waals surface area contributed by atoms with E-state index in [-0.39, 0.29) is 12.5 Å². The Morgan fingerprint density at radius 3 is 2.03 bits per heavy atom. The maximum atomic E-state index is 15.3. The number of hydrogen-bond donors (Lipinski definition) is 1. The minimum absolute atomic E-state index is 0.134. The molecule has 0 amide bonds. The van der Waals surface area contributed by atoms with Crippen LogP contribution in [0.25, 0.3) is 11.1 Å². The highest BCUT2D eigenvalue weighted by Gasteiger charge is 2.30. The largest absolute Gasteiger partial charge is 0.481 e. The summed E-state index contributed by atoms with van der Waals surface area (Å²) in [5.41, 5.74) is 4.30. The molecular weight excluding hydrogens is 425 g/mol. The number of nitrogens with zero attached hydrogens (tertiary/aromatic N) is 1. The molecule has 0 heterocycles. The van der Waals surface area contributed by atoms with Gasteiger partial charge in [-0.1, -0.05) is 97.1 Å². The number of halogens is 1. The van der Waals surface area contributed by atoms with E-state index in [9.17, 15) is 9.90 Å². The molecule has 4 rings (SSSR count). The van der Waals surface area contributed by atoms with Crippen LogP contribution in [-0.2, 0) is 11.3 Å². The lowest BCUT2D eigenvalue weighted by Crippen LogP contribution is -2.33. The van der Waals surface area contributed by atoms with Gasteiger partial charge in [-0.25, -0.2) is 4.39 Å². The van der Waals surface area contributed by atoms with Crippen molar-refractivity contribution in [1.82, 2.24) is 4.90 Å². The molecule has 0 saturated heterocycles. The second-order valence-corrected chi connectivity index (χ2v) is 8.46. The molecule has 1 N–H and O–H groups in total. The molecule has 0 bridgehead atoms. The topological polar surface area (TPSA) is 40.5 Å². The predicted octanol–water partition coefficient (Wildman–Crippen LogP) is 7.27. The van der Waals surface area contributed by atoms with Crippen LogP contribution < -0.4 is 0 Å². The SMILES string of the molecule is CC(c1ccccc1)N(Cc1ccccc1)C(CC(=O)O)c1cc(-c2ccccc2)ccc1F. The lowest BCUT2D eigenvalue weighted by atomic mass is 9.93. The van der Waals surface area contributed by atoms with Crippen LogP contribution in [0.15, 0.2) is 109 Å². The molecule has 3 nitrogen and oxygen atoms in total. The second kappa shape index (κ2) is 10.9. The van der Waals surface area contributed by atoms with Crippen molar-refractivity contribution in [3.05, 3.63) is 132 Å². The van der Waals surface area contributed by atoms with Crippen molar-refractivity contribution >= 4 is 5.97 Å². The molecule has 0 fully saturated rings. The first-order valence-electron chi connectivity index (χ1n) is 11.4. The zero-order chi connectivity index (χ0) is 23.9. The van der Waals surface area contributed by atoms with Gasteiger partial charge >= 0.3 is 5.97 Å². The highest BCUT2D eigenvalue weighted by molar-refractivity contribution is 5.69. The van der Waals surface area contributed by atoms with Gasteiger partial charge in [-0.15, -0.1) is 0 Å². The fourth-order valence-electron chi connectivity index (χ4n) is 4.41. The third-order valence-corrected chi connectivity index (χ3v) is 6.22. The quantitative estimate of drug-likeness (QED) is 0.290. The standard InChI is InChI=1S/C30H28FNO2/c1-22(24-13-7-3-8-14-24)32(21-23-11-5-2-6-12-23)29(20-30(33)34)27-19-26(17-18-28(27)31)25-15-9-4-10-16-25/h2-19,22,29H,20-21H2,1H3,(H,33,34). The van der Waals surface area contributed by atoms with E-state index in [0.717, 1.165) is 22.3 Å². The molecule has 0 saturated carbocycles. The number of hydrogen-bond acceptors (Lipinski definition) is 2.